The summed E-state index contributed by atoms with van der Waals surface area (Å²) in [5.41, 5.74) is -0.666. The Bertz CT molecular complexity index is 123. The van der Waals surface area contributed by atoms with Crippen LogP contribution in [0.2, 0.25) is 0 Å². The molecule has 4 heteroatoms. The Labute approximate surface area is 72.5 Å². The van der Waals surface area contributed by atoms with Gasteiger partial charge in [0.05, 0.1) is 25.4 Å². The van der Waals surface area contributed by atoms with E-state index in [0.717, 1.165) is 25.9 Å². The van der Waals surface area contributed by atoms with E-state index in [4.69, 9.17) is 9.84 Å². The van der Waals surface area contributed by atoms with Gasteiger partial charge < -0.3 is 20.3 Å². The van der Waals surface area contributed by atoms with Gasteiger partial charge in [0.15, 0.2) is 0 Å². The summed E-state index contributed by atoms with van der Waals surface area (Å²) in [7, 11) is 0. The van der Waals surface area contributed by atoms with Crippen molar-refractivity contribution in [1.82, 2.24) is 5.32 Å². The van der Waals surface area contributed by atoms with Crippen molar-refractivity contribution in [2.75, 3.05) is 32.9 Å². The summed E-state index contributed by atoms with van der Waals surface area (Å²) in [6.45, 7) is 2.37. The SMILES string of the molecule is OCCOCC1(O)CCNCC1. The molecule has 1 fully saturated rings. The third kappa shape index (κ3) is 3.06. The molecule has 0 spiro atoms. The average molecular weight is 175 g/mol. The van der Waals surface area contributed by atoms with Crippen LogP contribution in [-0.2, 0) is 4.74 Å². The molecule has 1 rings (SSSR count). The molecule has 0 aromatic heterocycles. The van der Waals surface area contributed by atoms with Crippen molar-refractivity contribution in [3.63, 3.8) is 0 Å². The monoisotopic (exact) mass is 175 g/mol. The molecule has 0 unspecified atom stereocenters. The zero-order valence-electron chi connectivity index (χ0n) is 7.25. The predicted octanol–water partition coefficient (Wildman–Crippen LogP) is -0.890. The minimum absolute atomic E-state index is 0.0222. The van der Waals surface area contributed by atoms with E-state index in [1.165, 1.54) is 0 Å². The normalized spacial score (nSPS) is 22.5. The second kappa shape index (κ2) is 4.77. The molecule has 4 nitrogen and oxygen atoms in total. The highest BCUT2D eigenvalue weighted by Gasteiger charge is 2.28. The van der Waals surface area contributed by atoms with Crippen LogP contribution in [0.25, 0.3) is 0 Å². The van der Waals surface area contributed by atoms with Crippen LogP contribution in [0.15, 0.2) is 0 Å². The highest BCUT2D eigenvalue weighted by atomic mass is 16.5. The van der Waals surface area contributed by atoms with Gasteiger partial charge in [-0.05, 0) is 25.9 Å². The molecular weight excluding hydrogens is 158 g/mol. The zero-order valence-corrected chi connectivity index (χ0v) is 7.25. The fraction of sp³-hybridized carbons (Fsp3) is 1.00. The van der Waals surface area contributed by atoms with Crippen molar-refractivity contribution >= 4 is 0 Å². The van der Waals surface area contributed by atoms with E-state index in [1.807, 2.05) is 0 Å². The maximum Gasteiger partial charge on any atom is 0.0904 e. The summed E-state index contributed by atoms with van der Waals surface area (Å²) in [4.78, 5) is 0. The molecule has 0 aromatic carbocycles. The summed E-state index contributed by atoms with van der Waals surface area (Å²) in [6.07, 6.45) is 1.47. The van der Waals surface area contributed by atoms with Gasteiger partial charge in [0.1, 0.15) is 0 Å². The van der Waals surface area contributed by atoms with E-state index in [1.54, 1.807) is 0 Å². The summed E-state index contributed by atoms with van der Waals surface area (Å²) >= 11 is 0. The number of aliphatic hydroxyl groups is 2. The molecule has 1 aliphatic rings. The maximum atomic E-state index is 9.85. The molecule has 0 bridgehead atoms. The van der Waals surface area contributed by atoms with Crippen molar-refractivity contribution in [3.05, 3.63) is 0 Å². The summed E-state index contributed by atoms with van der Waals surface area (Å²) < 4.78 is 5.10. The molecule has 0 amide bonds. The summed E-state index contributed by atoms with van der Waals surface area (Å²) in [5, 5.41) is 21.5. The fourth-order valence-electron chi connectivity index (χ4n) is 1.36. The number of ether oxygens (including phenoxy) is 1. The minimum atomic E-state index is -0.666. The molecule has 1 heterocycles. The van der Waals surface area contributed by atoms with Gasteiger partial charge in [-0.1, -0.05) is 0 Å². The summed E-state index contributed by atoms with van der Waals surface area (Å²) in [6, 6.07) is 0. The van der Waals surface area contributed by atoms with E-state index < -0.39 is 5.60 Å². The van der Waals surface area contributed by atoms with Crippen molar-refractivity contribution in [2.45, 2.75) is 18.4 Å². The Morgan fingerprint density at radius 1 is 1.33 bits per heavy atom. The second-order valence-electron chi connectivity index (χ2n) is 3.25. The quantitative estimate of drug-likeness (QED) is 0.485. The predicted molar refractivity (Wildman–Crippen MR) is 45.0 cm³/mol. The zero-order chi connectivity index (χ0) is 8.86. The first-order valence-electron chi connectivity index (χ1n) is 4.38. The molecule has 1 saturated heterocycles. The highest BCUT2D eigenvalue weighted by Crippen LogP contribution is 2.17. The number of piperidine rings is 1. The standard InChI is InChI=1S/C8H17NO3/c10-5-6-12-7-8(11)1-3-9-4-2-8/h9-11H,1-7H2. The molecule has 0 aromatic rings. The van der Waals surface area contributed by atoms with Gasteiger partial charge in [0, 0.05) is 0 Å². The largest absolute Gasteiger partial charge is 0.394 e. The third-order valence-electron chi connectivity index (χ3n) is 2.14. The van der Waals surface area contributed by atoms with E-state index in [-0.39, 0.29) is 6.61 Å². The first kappa shape index (κ1) is 9.92. The Balaban J connectivity index is 2.17. The average Bonchev–Trinajstić information content (AvgIpc) is 2.06. The molecule has 3 N–H and O–H groups in total. The van der Waals surface area contributed by atoms with Crippen LogP contribution in [-0.4, -0.2) is 48.7 Å². The van der Waals surface area contributed by atoms with E-state index in [0.29, 0.717) is 13.2 Å². The van der Waals surface area contributed by atoms with Crippen LogP contribution in [0.5, 0.6) is 0 Å². The molecule has 72 valence electrons. The van der Waals surface area contributed by atoms with Crippen LogP contribution in [0.4, 0.5) is 0 Å². The summed E-state index contributed by atoms with van der Waals surface area (Å²) in [5.74, 6) is 0. The van der Waals surface area contributed by atoms with Gasteiger partial charge in [-0.2, -0.15) is 0 Å². The lowest BCUT2D eigenvalue weighted by Gasteiger charge is -2.32. The van der Waals surface area contributed by atoms with Crippen LogP contribution >= 0.6 is 0 Å². The Morgan fingerprint density at radius 2 is 2.00 bits per heavy atom. The first-order chi connectivity index (χ1) is 5.77. The maximum absolute atomic E-state index is 9.85. The molecule has 12 heavy (non-hydrogen) atoms. The molecular formula is C8H17NO3. The van der Waals surface area contributed by atoms with E-state index in [9.17, 15) is 5.11 Å². The van der Waals surface area contributed by atoms with Crippen LogP contribution in [0.1, 0.15) is 12.8 Å². The van der Waals surface area contributed by atoms with Crippen molar-refractivity contribution < 1.29 is 14.9 Å². The Hall–Kier alpha value is -0.160. The second-order valence-corrected chi connectivity index (χ2v) is 3.25. The lowest BCUT2D eigenvalue weighted by molar-refractivity contribution is -0.0689. The first-order valence-corrected chi connectivity index (χ1v) is 4.38. The lowest BCUT2D eigenvalue weighted by atomic mass is 9.94. The molecule has 0 atom stereocenters. The minimum Gasteiger partial charge on any atom is -0.394 e. The van der Waals surface area contributed by atoms with Crippen LogP contribution in [0, 0.1) is 0 Å². The molecule has 0 saturated carbocycles. The Kier molecular flexibility index (Phi) is 3.94. The fourth-order valence-corrected chi connectivity index (χ4v) is 1.36. The topological polar surface area (TPSA) is 61.7 Å². The van der Waals surface area contributed by atoms with Gasteiger partial charge >= 0.3 is 0 Å². The van der Waals surface area contributed by atoms with Crippen molar-refractivity contribution in [3.8, 4) is 0 Å². The van der Waals surface area contributed by atoms with Gasteiger partial charge in [-0.3, -0.25) is 0 Å². The third-order valence-corrected chi connectivity index (χ3v) is 2.14. The van der Waals surface area contributed by atoms with Gasteiger partial charge in [0.2, 0.25) is 0 Å². The lowest BCUT2D eigenvalue weighted by Crippen LogP contribution is -2.45. The smallest absolute Gasteiger partial charge is 0.0904 e. The van der Waals surface area contributed by atoms with Crippen LogP contribution in [0.3, 0.4) is 0 Å². The number of nitrogens with one attached hydrogen (secondary N) is 1. The molecule has 0 radical (unpaired) electrons. The molecule has 0 aliphatic carbocycles. The van der Waals surface area contributed by atoms with E-state index >= 15 is 0 Å². The molecule has 1 aliphatic heterocycles. The number of hydrogen-bond acceptors (Lipinski definition) is 4. The van der Waals surface area contributed by atoms with Gasteiger partial charge in [-0.25, -0.2) is 0 Å². The highest BCUT2D eigenvalue weighted by molar-refractivity contribution is 4.83. The van der Waals surface area contributed by atoms with Crippen LogP contribution < -0.4 is 5.32 Å². The van der Waals surface area contributed by atoms with Gasteiger partial charge in [0.25, 0.3) is 0 Å². The number of hydrogen-bond donors (Lipinski definition) is 3. The number of rotatable bonds is 4. The van der Waals surface area contributed by atoms with E-state index in [2.05, 4.69) is 5.32 Å². The number of aliphatic hydroxyl groups excluding tert-OH is 1. The van der Waals surface area contributed by atoms with Crippen molar-refractivity contribution in [2.24, 2.45) is 0 Å². The Morgan fingerprint density at radius 3 is 2.58 bits per heavy atom. The van der Waals surface area contributed by atoms with Crippen molar-refractivity contribution in [1.29, 1.82) is 0 Å². The van der Waals surface area contributed by atoms with Gasteiger partial charge in [-0.15, -0.1) is 0 Å².